The molecule has 84 valence electrons. The number of aromatic nitrogens is 2. The lowest BCUT2D eigenvalue weighted by atomic mass is 10.3. The normalized spacial score (nSPS) is 10.3. The number of nitrogens with two attached hydrogens (primary N) is 1. The van der Waals surface area contributed by atoms with Crippen LogP contribution in [0.3, 0.4) is 0 Å². The number of hydrogen-bond acceptors (Lipinski definition) is 5. The molecule has 0 aliphatic carbocycles. The van der Waals surface area contributed by atoms with E-state index in [2.05, 4.69) is 22.3 Å². The van der Waals surface area contributed by atoms with E-state index in [9.17, 15) is 0 Å². The Morgan fingerprint density at radius 2 is 2.33 bits per heavy atom. The lowest BCUT2D eigenvalue weighted by Crippen LogP contribution is -2.10. The summed E-state index contributed by atoms with van der Waals surface area (Å²) in [5.74, 6) is 6.64. The molecule has 0 bridgehead atoms. The fraction of sp³-hybridized carbons (Fsp3) is 0.556. The highest BCUT2D eigenvalue weighted by Crippen LogP contribution is 2.25. The monoisotopic (exact) mass is 246 g/mol. The lowest BCUT2D eigenvalue weighted by molar-refractivity contribution is 0.778. The zero-order valence-electron chi connectivity index (χ0n) is 8.66. The van der Waals surface area contributed by atoms with Crippen LogP contribution in [0.15, 0.2) is 11.2 Å². The van der Waals surface area contributed by atoms with Crippen LogP contribution in [0.5, 0.6) is 0 Å². The maximum Gasteiger partial charge on any atom is 0.238 e. The predicted octanol–water partition coefficient (Wildman–Crippen LogP) is 2.70. The number of halogens is 1. The molecule has 0 radical (unpaired) electrons. The van der Waals surface area contributed by atoms with Crippen molar-refractivity contribution in [1.29, 1.82) is 0 Å². The summed E-state index contributed by atoms with van der Waals surface area (Å²) in [6.45, 7) is 2.18. The second-order valence-corrected chi connectivity index (χ2v) is 4.54. The van der Waals surface area contributed by atoms with Crippen LogP contribution in [-0.4, -0.2) is 15.7 Å². The van der Waals surface area contributed by atoms with Gasteiger partial charge in [-0.25, -0.2) is 15.8 Å². The summed E-state index contributed by atoms with van der Waals surface area (Å²) in [6, 6.07) is 0. The smallest absolute Gasteiger partial charge is 0.238 e. The van der Waals surface area contributed by atoms with Crippen LogP contribution < -0.4 is 11.3 Å². The van der Waals surface area contributed by atoms with Crippen LogP contribution in [0.2, 0.25) is 5.02 Å². The van der Waals surface area contributed by atoms with Crippen molar-refractivity contribution in [1.82, 2.24) is 9.97 Å². The van der Waals surface area contributed by atoms with Gasteiger partial charge in [0.05, 0.1) is 11.2 Å². The Morgan fingerprint density at radius 3 is 3.00 bits per heavy atom. The Balaban J connectivity index is 2.51. The Bertz CT molecular complexity index is 308. The van der Waals surface area contributed by atoms with Crippen LogP contribution in [0.4, 0.5) is 5.95 Å². The van der Waals surface area contributed by atoms with Crippen LogP contribution in [-0.2, 0) is 0 Å². The Labute approximate surface area is 99.0 Å². The van der Waals surface area contributed by atoms with Gasteiger partial charge < -0.3 is 0 Å². The molecule has 0 spiro atoms. The molecular weight excluding hydrogens is 232 g/mol. The summed E-state index contributed by atoms with van der Waals surface area (Å²) in [4.78, 5) is 8.08. The summed E-state index contributed by atoms with van der Waals surface area (Å²) < 4.78 is 0. The first-order valence-corrected chi connectivity index (χ1v) is 6.26. The Morgan fingerprint density at radius 1 is 1.53 bits per heavy atom. The molecule has 1 rings (SSSR count). The number of thioether (sulfide) groups is 1. The minimum Gasteiger partial charge on any atom is -0.292 e. The molecule has 15 heavy (non-hydrogen) atoms. The molecule has 0 aliphatic heterocycles. The summed E-state index contributed by atoms with van der Waals surface area (Å²) in [7, 11) is 0. The number of unbranched alkanes of at least 4 members (excludes halogenated alkanes) is 2. The molecule has 0 fully saturated rings. The van der Waals surface area contributed by atoms with E-state index in [1.165, 1.54) is 19.3 Å². The van der Waals surface area contributed by atoms with E-state index >= 15 is 0 Å². The van der Waals surface area contributed by atoms with Crippen molar-refractivity contribution in [2.24, 2.45) is 5.84 Å². The highest BCUT2D eigenvalue weighted by atomic mass is 35.5. The molecule has 0 aliphatic rings. The molecule has 0 unspecified atom stereocenters. The van der Waals surface area contributed by atoms with Crippen molar-refractivity contribution < 1.29 is 0 Å². The van der Waals surface area contributed by atoms with Crippen LogP contribution in [0.1, 0.15) is 26.2 Å². The van der Waals surface area contributed by atoms with Gasteiger partial charge in [0.15, 0.2) is 0 Å². The average molecular weight is 247 g/mol. The quantitative estimate of drug-likeness (QED) is 0.266. The van der Waals surface area contributed by atoms with Crippen LogP contribution >= 0.6 is 23.4 Å². The summed E-state index contributed by atoms with van der Waals surface area (Å²) in [6.07, 6.45) is 5.18. The van der Waals surface area contributed by atoms with Crippen LogP contribution in [0, 0.1) is 0 Å². The number of nitrogens with one attached hydrogen (secondary N) is 1. The molecule has 3 N–H and O–H groups in total. The van der Waals surface area contributed by atoms with Gasteiger partial charge in [-0.05, 0) is 12.2 Å². The summed E-state index contributed by atoms with van der Waals surface area (Å²) >= 11 is 7.59. The number of nitrogen functional groups attached to an aromatic ring is 1. The molecular formula is C9H15ClN4S. The van der Waals surface area contributed by atoms with Crippen molar-refractivity contribution in [3.63, 3.8) is 0 Å². The van der Waals surface area contributed by atoms with E-state index in [1.807, 2.05) is 0 Å². The first kappa shape index (κ1) is 12.5. The van der Waals surface area contributed by atoms with Gasteiger partial charge in [0.1, 0.15) is 5.03 Å². The van der Waals surface area contributed by atoms with Gasteiger partial charge in [0, 0.05) is 0 Å². The average Bonchev–Trinajstić information content (AvgIpc) is 2.26. The number of nitrogens with zero attached hydrogens (tertiary/aromatic N) is 2. The molecule has 0 atom stereocenters. The molecule has 4 nitrogen and oxygen atoms in total. The zero-order chi connectivity index (χ0) is 11.1. The molecule has 0 saturated heterocycles. The van der Waals surface area contributed by atoms with Crippen molar-refractivity contribution in [2.75, 3.05) is 11.2 Å². The largest absolute Gasteiger partial charge is 0.292 e. The van der Waals surface area contributed by atoms with Gasteiger partial charge in [0.25, 0.3) is 0 Å². The predicted molar refractivity (Wildman–Crippen MR) is 65.1 cm³/mol. The molecule has 0 amide bonds. The first-order valence-electron chi connectivity index (χ1n) is 4.90. The van der Waals surface area contributed by atoms with Crippen molar-refractivity contribution in [3.8, 4) is 0 Å². The molecule has 1 heterocycles. The standard InChI is InChI=1S/C9H15ClN4S/c1-2-3-4-5-15-8-7(10)6-12-9(13-8)14-11/h6H,2-5,11H2,1H3,(H,12,13,14). The third-order valence-electron chi connectivity index (χ3n) is 1.83. The van der Waals surface area contributed by atoms with E-state index in [0.29, 0.717) is 11.0 Å². The highest BCUT2D eigenvalue weighted by molar-refractivity contribution is 7.99. The maximum atomic E-state index is 5.95. The van der Waals surface area contributed by atoms with Crippen molar-refractivity contribution in [3.05, 3.63) is 11.2 Å². The van der Waals surface area contributed by atoms with Crippen LogP contribution in [0.25, 0.3) is 0 Å². The summed E-state index contributed by atoms with van der Waals surface area (Å²) in [5.41, 5.74) is 2.40. The zero-order valence-corrected chi connectivity index (χ0v) is 10.2. The molecule has 6 heteroatoms. The van der Waals surface area contributed by atoms with E-state index < -0.39 is 0 Å². The fourth-order valence-corrected chi connectivity index (χ4v) is 2.18. The minimum atomic E-state index is 0.400. The molecule has 1 aromatic rings. The Hall–Kier alpha value is -0.520. The SMILES string of the molecule is CCCCCSc1nc(NN)ncc1Cl. The van der Waals surface area contributed by atoms with Gasteiger partial charge in [-0.1, -0.05) is 31.4 Å². The first-order chi connectivity index (χ1) is 7.27. The van der Waals surface area contributed by atoms with E-state index in [4.69, 9.17) is 17.4 Å². The topological polar surface area (TPSA) is 63.8 Å². The third kappa shape index (κ3) is 4.24. The number of rotatable bonds is 6. The highest BCUT2D eigenvalue weighted by Gasteiger charge is 2.04. The molecule has 0 saturated carbocycles. The molecule has 0 aromatic carbocycles. The second kappa shape index (κ2) is 6.87. The van der Waals surface area contributed by atoms with E-state index in [0.717, 1.165) is 10.8 Å². The van der Waals surface area contributed by atoms with Gasteiger partial charge in [-0.2, -0.15) is 0 Å². The van der Waals surface area contributed by atoms with Gasteiger partial charge in [0.2, 0.25) is 5.95 Å². The minimum absolute atomic E-state index is 0.400. The van der Waals surface area contributed by atoms with Gasteiger partial charge in [-0.15, -0.1) is 11.8 Å². The van der Waals surface area contributed by atoms with Gasteiger partial charge >= 0.3 is 0 Å². The Kier molecular flexibility index (Phi) is 5.75. The van der Waals surface area contributed by atoms with Gasteiger partial charge in [-0.3, -0.25) is 5.43 Å². The van der Waals surface area contributed by atoms with E-state index in [1.54, 1.807) is 18.0 Å². The van der Waals surface area contributed by atoms with E-state index in [-0.39, 0.29) is 0 Å². The molecule has 1 aromatic heterocycles. The number of anilines is 1. The van der Waals surface area contributed by atoms with Crippen molar-refractivity contribution in [2.45, 2.75) is 31.2 Å². The lowest BCUT2D eigenvalue weighted by Gasteiger charge is -2.04. The number of hydrogen-bond donors (Lipinski definition) is 2. The maximum absolute atomic E-state index is 5.95. The summed E-state index contributed by atoms with van der Waals surface area (Å²) in [5, 5.41) is 1.37. The van der Waals surface area contributed by atoms with Crippen molar-refractivity contribution >= 4 is 29.3 Å². The second-order valence-electron chi connectivity index (χ2n) is 3.05. The third-order valence-corrected chi connectivity index (χ3v) is 3.29. The number of hydrazine groups is 1. The fourth-order valence-electron chi connectivity index (χ4n) is 1.04.